The van der Waals surface area contributed by atoms with E-state index < -0.39 is 0 Å². The molecule has 2 heterocycles. The molecular weight excluding hydrogens is 276 g/mol. The third-order valence-corrected chi connectivity index (χ3v) is 2.59. The Kier molecular flexibility index (Phi) is 3.15. The van der Waals surface area contributed by atoms with Crippen LogP contribution in [0.2, 0.25) is 0 Å². The normalized spacial score (nSPS) is 15.4. The summed E-state index contributed by atoms with van der Waals surface area (Å²) in [6.45, 7) is 3.03. The van der Waals surface area contributed by atoms with E-state index in [0.29, 0.717) is 0 Å². The smallest absolute Gasteiger partial charge is 0.0656 e. The van der Waals surface area contributed by atoms with Crippen LogP contribution in [0.3, 0.4) is 0 Å². The van der Waals surface area contributed by atoms with Gasteiger partial charge in [-0.1, -0.05) is 0 Å². The highest BCUT2D eigenvalue weighted by Gasteiger charge is 2.11. The van der Waals surface area contributed by atoms with Crippen molar-refractivity contribution in [1.82, 2.24) is 15.1 Å². The molecule has 62 valence electrons. The van der Waals surface area contributed by atoms with Gasteiger partial charge in [-0.2, -0.15) is 5.10 Å². The van der Waals surface area contributed by atoms with E-state index in [4.69, 9.17) is 0 Å². The lowest BCUT2D eigenvalue weighted by molar-refractivity contribution is 0.474. The molecule has 0 unspecified atom stereocenters. The van der Waals surface area contributed by atoms with E-state index in [1.165, 1.54) is 9.26 Å². The molecule has 0 fully saturated rings. The van der Waals surface area contributed by atoms with Crippen LogP contribution in [0.1, 0.15) is 5.69 Å². The Morgan fingerprint density at radius 2 is 2.45 bits per heavy atom. The van der Waals surface area contributed by atoms with Crippen LogP contribution in [0.15, 0.2) is 6.20 Å². The molecule has 1 aliphatic rings. The molecule has 2 rings (SSSR count). The Bertz CT molecular complexity index is 248. The number of nitrogens with one attached hydrogen (secondary N) is 1. The summed E-state index contributed by atoms with van der Waals surface area (Å²) in [5, 5.41) is 7.53. The van der Waals surface area contributed by atoms with Gasteiger partial charge < -0.3 is 5.32 Å². The predicted octanol–water partition coefficient (Wildman–Crippen LogP) is 1.01. The Balaban J connectivity index is 0.000000605. The van der Waals surface area contributed by atoms with Crippen molar-refractivity contribution in [2.45, 2.75) is 13.1 Å². The molecule has 0 atom stereocenters. The molecule has 0 amide bonds. The van der Waals surface area contributed by atoms with Gasteiger partial charge in [-0.25, -0.2) is 0 Å². The monoisotopic (exact) mass is 285 g/mol. The Labute approximate surface area is 85.1 Å². The molecule has 0 spiro atoms. The standard InChI is InChI=1S/C6H8IN3.ClH/c7-5-3-9-10-2-1-8-4-6(5)10;/h3,8H,1-2,4H2;1H. The predicted molar refractivity (Wildman–Crippen MR) is 53.9 cm³/mol. The van der Waals surface area contributed by atoms with Crippen LogP contribution in [0.25, 0.3) is 0 Å². The number of aromatic nitrogens is 2. The van der Waals surface area contributed by atoms with Gasteiger partial charge in [0.15, 0.2) is 0 Å². The van der Waals surface area contributed by atoms with Crippen LogP contribution in [-0.4, -0.2) is 16.3 Å². The maximum atomic E-state index is 4.23. The molecule has 0 aromatic carbocycles. The van der Waals surface area contributed by atoms with E-state index in [9.17, 15) is 0 Å². The second kappa shape index (κ2) is 3.73. The van der Waals surface area contributed by atoms with Gasteiger partial charge >= 0.3 is 0 Å². The number of halogens is 2. The molecule has 1 N–H and O–H groups in total. The summed E-state index contributed by atoms with van der Waals surface area (Å²) >= 11 is 2.32. The summed E-state index contributed by atoms with van der Waals surface area (Å²) in [5.41, 5.74) is 1.33. The number of rotatable bonds is 0. The van der Waals surface area contributed by atoms with Crippen LogP contribution >= 0.6 is 35.0 Å². The van der Waals surface area contributed by atoms with Crippen molar-refractivity contribution in [2.75, 3.05) is 6.54 Å². The first-order valence-corrected chi connectivity index (χ1v) is 4.37. The average Bonchev–Trinajstić information content (AvgIpc) is 2.34. The van der Waals surface area contributed by atoms with Crippen molar-refractivity contribution in [1.29, 1.82) is 0 Å². The van der Waals surface area contributed by atoms with Crippen molar-refractivity contribution in [3.63, 3.8) is 0 Å². The van der Waals surface area contributed by atoms with E-state index in [1.54, 1.807) is 0 Å². The minimum absolute atomic E-state index is 0. The summed E-state index contributed by atoms with van der Waals surface area (Å²) < 4.78 is 3.34. The van der Waals surface area contributed by atoms with Crippen molar-refractivity contribution in [3.05, 3.63) is 15.5 Å². The fraction of sp³-hybridized carbons (Fsp3) is 0.500. The molecule has 1 aromatic rings. The van der Waals surface area contributed by atoms with Crippen molar-refractivity contribution in [3.8, 4) is 0 Å². The van der Waals surface area contributed by atoms with Gasteiger partial charge in [0.1, 0.15) is 0 Å². The fourth-order valence-corrected chi connectivity index (χ4v) is 1.74. The van der Waals surface area contributed by atoms with E-state index in [-0.39, 0.29) is 12.4 Å². The van der Waals surface area contributed by atoms with Gasteiger partial charge in [0, 0.05) is 13.1 Å². The minimum atomic E-state index is 0. The maximum absolute atomic E-state index is 4.23. The largest absolute Gasteiger partial charge is 0.309 e. The maximum Gasteiger partial charge on any atom is 0.0656 e. The molecule has 3 nitrogen and oxygen atoms in total. The highest BCUT2D eigenvalue weighted by molar-refractivity contribution is 14.1. The molecule has 11 heavy (non-hydrogen) atoms. The first-order valence-electron chi connectivity index (χ1n) is 3.29. The van der Waals surface area contributed by atoms with Crippen LogP contribution in [0, 0.1) is 3.57 Å². The molecule has 0 bridgehead atoms. The van der Waals surface area contributed by atoms with Gasteiger partial charge in [0.2, 0.25) is 0 Å². The van der Waals surface area contributed by atoms with Crippen LogP contribution in [-0.2, 0) is 13.1 Å². The molecule has 0 aliphatic carbocycles. The van der Waals surface area contributed by atoms with Gasteiger partial charge in [-0.05, 0) is 22.6 Å². The fourth-order valence-electron chi connectivity index (χ4n) is 1.15. The Morgan fingerprint density at radius 3 is 3.18 bits per heavy atom. The zero-order valence-corrected chi connectivity index (χ0v) is 8.85. The lowest BCUT2D eigenvalue weighted by Crippen LogP contribution is -2.28. The SMILES string of the molecule is Cl.Ic1cnn2c1CNCC2. The number of hydrogen-bond donors (Lipinski definition) is 1. The summed E-state index contributed by atoms with van der Waals surface area (Å²) in [4.78, 5) is 0. The highest BCUT2D eigenvalue weighted by Crippen LogP contribution is 2.12. The summed E-state index contributed by atoms with van der Waals surface area (Å²) in [7, 11) is 0. The summed E-state index contributed by atoms with van der Waals surface area (Å²) in [5.74, 6) is 0. The number of hydrogen-bond acceptors (Lipinski definition) is 2. The van der Waals surface area contributed by atoms with E-state index in [2.05, 4.69) is 37.7 Å². The first kappa shape index (κ1) is 9.28. The second-order valence-electron chi connectivity index (χ2n) is 2.34. The molecule has 1 aliphatic heterocycles. The molecule has 5 heteroatoms. The quantitative estimate of drug-likeness (QED) is 0.721. The molecule has 0 radical (unpaired) electrons. The van der Waals surface area contributed by atoms with Gasteiger partial charge in [0.25, 0.3) is 0 Å². The van der Waals surface area contributed by atoms with Crippen molar-refractivity contribution < 1.29 is 0 Å². The van der Waals surface area contributed by atoms with Crippen molar-refractivity contribution >= 4 is 35.0 Å². The Morgan fingerprint density at radius 1 is 1.64 bits per heavy atom. The first-order chi connectivity index (χ1) is 4.88. The average molecular weight is 286 g/mol. The summed E-state index contributed by atoms with van der Waals surface area (Å²) in [6, 6.07) is 0. The Hall–Kier alpha value is 0.190. The zero-order chi connectivity index (χ0) is 6.97. The third-order valence-electron chi connectivity index (χ3n) is 1.69. The van der Waals surface area contributed by atoms with Crippen LogP contribution in [0.5, 0.6) is 0 Å². The van der Waals surface area contributed by atoms with E-state index in [1.807, 2.05) is 6.20 Å². The van der Waals surface area contributed by atoms with E-state index in [0.717, 1.165) is 19.6 Å². The van der Waals surface area contributed by atoms with Gasteiger partial charge in [-0.3, -0.25) is 4.68 Å². The lowest BCUT2D eigenvalue weighted by Gasteiger charge is -2.14. The highest BCUT2D eigenvalue weighted by atomic mass is 127. The van der Waals surface area contributed by atoms with Gasteiger partial charge in [-0.15, -0.1) is 12.4 Å². The van der Waals surface area contributed by atoms with Crippen LogP contribution < -0.4 is 5.32 Å². The van der Waals surface area contributed by atoms with Gasteiger partial charge in [0.05, 0.1) is 22.0 Å². The number of nitrogens with zero attached hydrogens (tertiary/aromatic N) is 2. The molecule has 1 aromatic heterocycles. The summed E-state index contributed by atoms with van der Waals surface area (Å²) in [6.07, 6.45) is 1.92. The number of fused-ring (bicyclic) bond motifs is 1. The lowest BCUT2D eigenvalue weighted by atomic mass is 10.3. The molecular formula is C6H9ClIN3. The molecule has 0 saturated carbocycles. The molecule has 0 saturated heterocycles. The van der Waals surface area contributed by atoms with Crippen LogP contribution in [0.4, 0.5) is 0 Å². The third kappa shape index (κ3) is 1.68. The van der Waals surface area contributed by atoms with E-state index >= 15 is 0 Å². The topological polar surface area (TPSA) is 29.9 Å². The second-order valence-corrected chi connectivity index (χ2v) is 3.50. The minimum Gasteiger partial charge on any atom is -0.309 e. The van der Waals surface area contributed by atoms with Crippen molar-refractivity contribution in [2.24, 2.45) is 0 Å². The zero-order valence-electron chi connectivity index (χ0n) is 5.88.